The van der Waals surface area contributed by atoms with Gasteiger partial charge in [-0.2, -0.15) is 0 Å². The summed E-state index contributed by atoms with van der Waals surface area (Å²) in [5, 5.41) is 13.8. The topological polar surface area (TPSA) is 81.5 Å². The lowest BCUT2D eigenvalue weighted by Gasteiger charge is -2.14. The molecule has 1 unspecified atom stereocenters. The molecule has 6 nitrogen and oxygen atoms in total. The maximum atomic E-state index is 11.9. The summed E-state index contributed by atoms with van der Waals surface area (Å²) in [6, 6.07) is 5.39. The lowest BCUT2D eigenvalue weighted by Crippen LogP contribution is -2.30. The van der Waals surface area contributed by atoms with Crippen LogP contribution in [-0.4, -0.2) is 30.1 Å². The van der Waals surface area contributed by atoms with Gasteiger partial charge in [-0.25, -0.2) is 4.79 Å². The number of carbonyl (C=O) groups is 1. The average molecular weight is 331 g/mol. The number of nitrogens with zero attached hydrogens (tertiary/aromatic N) is 1. The van der Waals surface area contributed by atoms with Crippen LogP contribution in [0.4, 0.5) is 5.69 Å². The summed E-state index contributed by atoms with van der Waals surface area (Å²) in [7, 11) is 0. The number of nitro groups is 1. The number of nitrogens with one attached hydrogen (secondary N) is 1. The van der Waals surface area contributed by atoms with Crippen LogP contribution in [0.2, 0.25) is 0 Å². The van der Waals surface area contributed by atoms with Gasteiger partial charge in [0.05, 0.1) is 10.5 Å². The minimum Gasteiger partial charge on any atom is -0.458 e. The van der Waals surface area contributed by atoms with Crippen molar-refractivity contribution in [2.45, 2.75) is 33.3 Å². The van der Waals surface area contributed by atoms with E-state index in [0.717, 1.165) is 13.0 Å². The van der Waals surface area contributed by atoms with Gasteiger partial charge >= 0.3 is 5.97 Å². The van der Waals surface area contributed by atoms with Crippen molar-refractivity contribution in [1.82, 2.24) is 5.32 Å². The van der Waals surface area contributed by atoms with Gasteiger partial charge in [0.1, 0.15) is 6.10 Å². The van der Waals surface area contributed by atoms with Crippen LogP contribution in [0, 0.1) is 16.0 Å². The van der Waals surface area contributed by atoms with Crippen LogP contribution in [0.3, 0.4) is 0 Å². The number of non-ortho nitro benzene ring substituents is 1. The van der Waals surface area contributed by atoms with E-state index in [-0.39, 0.29) is 24.2 Å². The lowest BCUT2D eigenvalue weighted by atomic mass is 10.1. The number of hydrogen-bond acceptors (Lipinski definition) is 5. The summed E-state index contributed by atoms with van der Waals surface area (Å²) in [5.41, 5.74) is 0.268. The monoisotopic (exact) mass is 330 g/mol. The van der Waals surface area contributed by atoms with Gasteiger partial charge in [0.15, 0.2) is 0 Å². The SMILES string of the molecule is CC(C)CCNCC(C)OC(=O)c1ccc([N+](=O)[O-])cc1.Cl. The molecule has 0 fully saturated rings. The second-order valence-electron chi connectivity index (χ2n) is 5.41. The normalized spacial score (nSPS) is 11.6. The summed E-state index contributed by atoms with van der Waals surface area (Å²) in [4.78, 5) is 21.9. The molecule has 0 aliphatic carbocycles. The van der Waals surface area contributed by atoms with Gasteiger partial charge in [-0.1, -0.05) is 13.8 Å². The number of benzene rings is 1. The fourth-order valence-electron chi connectivity index (χ4n) is 1.71. The number of carbonyl (C=O) groups excluding carboxylic acids is 1. The molecule has 124 valence electrons. The molecular weight excluding hydrogens is 308 g/mol. The van der Waals surface area contributed by atoms with Gasteiger partial charge in [0.25, 0.3) is 5.69 Å². The molecule has 7 heteroatoms. The Hall–Kier alpha value is -1.66. The van der Waals surface area contributed by atoms with E-state index in [1.165, 1.54) is 24.3 Å². The average Bonchev–Trinajstić information content (AvgIpc) is 2.43. The molecule has 0 aromatic heterocycles. The molecule has 1 atom stereocenters. The Labute approximate surface area is 136 Å². The number of hydrogen-bond donors (Lipinski definition) is 1. The van der Waals surface area contributed by atoms with Crippen LogP contribution < -0.4 is 5.32 Å². The third-order valence-corrected chi connectivity index (χ3v) is 2.95. The molecule has 1 rings (SSSR count). The third kappa shape index (κ3) is 7.38. The van der Waals surface area contributed by atoms with E-state index < -0.39 is 10.9 Å². The Morgan fingerprint density at radius 1 is 1.27 bits per heavy atom. The number of ether oxygens (including phenoxy) is 1. The van der Waals surface area contributed by atoms with Crippen LogP contribution in [0.15, 0.2) is 24.3 Å². The molecule has 1 N–H and O–H groups in total. The van der Waals surface area contributed by atoms with Crippen LogP contribution in [0.1, 0.15) is 37.6 Å². The molecule has 0 aliphatic rings. The van der Waals surface area contributed by atoms with E-state index in [1.54, 1.807) is 0 Å². The van der Waals surface area contributed by atoms with Gasteiger partial charge in [-0.15, -0.1) is 12.4 Å². The first-order chi connectivity index (χ1) is 9.90. The minimum absolute atomic E-state index is 0. The highest BCUT2D eigenvalue weighted by Crippen LogP contribution is 2.13. The van der Waals surface area contributed by atoms with Crippen LogP contribution in [0.5, 0.6) is 0 Å². The predicted molar refractivity (Wildman–Crippen MR) is 87.5 cm³/mol. The van der Waals surface area contributed by atoms with Crippen molar-refractivity contribution in [3.05, 3.63) is 39.9 Å². The summed E-state index contributed by atoms with van der Waals surface area (Å²) in [6.07, 6.45) is 0.822. The molecule has 0 spiro atoms. The van der Waals surface area contributed by atoms with Gasteiger partial charge in [-0.3, -0.25) is 10.1 Å². The maximum absolute atomic E-state index is 11.9. The molecular formula is C15H23ClN2O4. The fraction of sp³-hybridized carbons (Fsp3) is 0.533. The van der Waals surface area contributed by atoms with Crippen molar-refractivity contribution in [3.8, 4) is 0 Å². The number of halogens is 1. The maximum Gasteiger partial charge on any atom is 0.338 e. The highest BCUT2D eigenvalue weighted by molar-refractivity contribution is 5.89. The van der Waals surface area contributed by atoms with Crippen molar-refractivity contribution < 1.29 is 14.5 Å². The molecule has 0 radical (unpaired) electrons. The van der Waals surface area contributed by atoms with Crippen molar-refractivity contribution in [1.29, 1.82) is 0 Å². The van der Waals surface area contributed by atoms with Crippen molar-refractivity contribution in [3.63, 3.8) is 0 Å². The first kappa shape index (κ1) is 20.3. The standard InChI is InChI=1S/C15H22N2O4.ClH/c1-11(2)8-9-16-10-12(3)21-15(18)13-4-6-14(7-5-13)17(19)20;/h4-7,11-12,16H,8-10H2,1-3H3;1H. The molecule has 1 aromatic carbocycles. The van der Waals surface area contributed by atoms with Crippen LogP contribution in [0.25, 0.3) is 0 Å². The summed E-state index contributed by atoms with van der Waals surface area (Å²) in [6.45, 7) is 7.59. The molecule has 0 heterocycles. The predicted octanol–water partition coefficient (Wildman–Crippen LogP) is 3.20. The van der Waals surface area contributed by atoms with E-state index >= 15 is 0 Å². The fourth-order valence-corrected chi connectivity index (χ4v) is 1.71. The quantitative estimate of drug-likeness (QED) is 0.342. The Morgan fingerprint density at radius 2 is 1.86 bits per heavy atom. The highest BCUT2D eigenvalue weighted by Gasteiger charge is 2.13. The number of esters is 1. The zero-order valence-electron chi connectivity index (χ0n) is 13.1. The Bertz CT molecular complexity index is 477. The van der Waals surface area contributed by atoms with Crippen molar-refractivity contribution in [2.75, 3.05) is 13.1 Å². The number of nitro benzene ring substituents is 1. The molecule has 0 saturated carbocycles. The molecule has 0 saturated heterocycles. The van der Waals surface area contributed by atoms with Crippen molar-refractivity contribution in [2.24, 2.45) is 5.92 Å². The summed E-state index contributed by atoms with van der Waals surface area (Å²) in [5.74, 6) is 0.165. The molecule has 0 amide bonds. The van der Waals surface area contributed by atoms with E-state index in [2.05, 4.69) is 19.2 Å². The first-order valence-corrected chi connectivity index (χ1v) is 7.06. The Balaban J connectivity index is 0.00000441. The second kappa shape index (κ2) is 10.1. The van der Waals surface area contributed by atoms with E-state index in [0.29, 0.717) is 18.0 Å². The van der Waals surface area contributed by atoms with E-state index in [4.69, 9.17) is 4.74 Å². The van der Waals surface area contributed by atoms with Gasteiger partial charge in [0.2, 0.25) is 0 Å². The van der Waals surface area contributed by atoms with Gasteiger partial charge < -0.3 is 10.1 Å². The second-order valence-corrected chi connectivity index (χ2v) is 5.41. The molecule has 22 heavy (non-hydrogen) atoms. The zero-order valence-corrected chi connectivity index (χ0v) is 13.9. The Morgan fingerprint density at radius 3 is 2.36 bits per heavy atom. The van der Waals surface area contributed by atoms with Crippen LogP contribution in [-0.2, 0) is 4.74 Å². The van der Waals surface area contributed by atoms with E-state index in [1.807, 2.05) is 6.92 Å². The lowest BCUT2D eigenvalue weighted by molar-refractivity contribution is -0.384. The summed E-state index contributed by atoms with van der Waals surface area (Å²) < 4.78 is 5.27. The molecule has 0 bridgehead atoms. The van der Waals surface area contributed by atoms with Gasteiger partial charge in [-0.05, 0) is 37.9 Å². The van der Waals surface area contributed by atoms with Crippen LogP contribution >= 0.6 is 12.4 Å². The highest BCUT2D eigenvalue weighted by atomic mass is 35.5. The van der Waals surface area contributed by atoms with Crippen molar-refractivity contribution >= 4 is 24.1 Å². The molecule has 0 aliphatic heterocycles. The largest absolute Gasteiger partial charge is 0.458 e. The minimum atomic E-state index is -0.504. The third-order valence-electron chi connectivity index (χ3n) is 2.95. The Kier molecular flexibility index (Phi) is 9.37. The first-order valence-electron chi connectivity index (χ1n) is 7.06. The summed E-state index contributed by atoms with van der Waals surface area (Å²) >= 11 is 0. The molecule has 1 aromatic rings. The zero-order chi connectivity index (χ0) is 15.8. The van der Waals surface area contributed by atoms with E-state index in [9.17, 15) is 14.9 Å². The smallest absolute Gasteiger partial charge is 0.338 e. The number of rotatable bonds is 8. The van der Waals surface area contributed by atoms with Gasteiger partial charge in [0, 0.05) is 18.7 Å².